The second-order valence-corrected chi connectivity index (χ2v) is 6.17. The van der Waals surface area contributed by atoms with Crippen molar-refractivity contribution < 1.29 is 0 Å². The molecule has 2 nitrogen and oxygen atoms in total. The SMILES string of the molecule is CN(C)c1cccc(C(N)Cc2ccc(I)cc2)c1. The average molecular weight is 366 g/mol. The molecule has 1 atom stereocenters. The minimum absolute atomic E-state index is 0.0416. The molecule has 2 aromatic carbocycles. The van der Waals surface area contributed by atoms with Crippen LogP contribution in [-0.4, -0.2) is 14.1 Å². The highest BCUT2D eigenvalue weighted by atomic mass is 127. The van der Waals surface area contributed by atoms with Crippen molar-refractivity contribution in [2.24, 2.45) is 5.73 Å². The quantitative estimate of drug-likeness (QED) is 0.838. The Morgan fingerprint density at radius 3 is 2.42 bits per heavy atom. The van der Waals surface area contributed by atoms with Crippen molar-refractivity contribution in [3.8, 4) is 0 Å². The molecule has 0 fully saturated rings. The maximum absolute atomic E-state index is 6.31. The van der Waals surface area contributed by atoms with Gasteiger partial charge in [-0.1, -0.05) is 24.3 Å². The Morgan fingerprint density at radius 2 is 1.79 bits per heavy atom. The van der Waals surface area contributed by atoms with Crippen molar-refractivity contribution >= 4 is 28.3 Å². The van der Waals surface area contributed by atoms with Crippen LogP contribution >= 0.6 is 22.6 Å². The molecule has 2 rings (SSSR count). The molecule has 0 aliphatic rings. The van der Waals surface area contributed by atoms with Crippen LogP contribution in [0.25, 0.3) is 0 Å². The Morgan fingerprint density at radius 1 is 1.11 bits per heavy atom. The van der Waals surface area contributed by atoms with Crippen molar-refractivity contribution in [2.75, 3.05) is 19.0 Å². The number of nitrogens with zero attached hydrogens (tertiary/aromatic N) is 1. The fourth-order valence-corrected chi connectivity index (χ4v) is 2.39. The van der Waals surface area contributed by atoms with Crippen LogP contribution in [0.15, 0.2) is 48.5 Å². The summed E-state index contributed by atoms with van der Waals surface area (Å²) in [4.78, 5) is 2.10. The van der Waals surface area contributed by atoms with E-state index in [4.69, 9.17) is 5.73 Å². The lowest BCUT2D eigenvalue weighted by Crippen LogP contribution is -2.15. The summed E-state index contributed by atoms with van der Waals surface area (Å²) in [5, 5.41) is 0. The van der Waals surface area contributed by atoms with Crippen LogP contribution in [0.1, 0.15) is 17.2 Å². The molecule has 0 amide bonds. The van der Waals surface area contributed by atoms with E-state index in [0.29, 0.717) is 0 Å². The van der Waals surface area contributed by atoms with Crippen LogP contribution in [0.3, 0.4) is 0 Å². The van der Waals surface area contributed by atoms with Crippen LogP contribution in [0.5, 0.6) is 0 Å². The van der Waals surface area contributed by atoms with Crippen molar-refractivity contribution in [3.63, 3.8) is 0 Å². The van der Waals surface area contributed by atoms with E-state index in [-0.39, 0.29) is 6.04 Å². The minimum Gasteiger partial charge on any atom is -0.378 e. The number of benzene rings is 2. The highest BCUT2D eigenvalue weighted by Crippen LogP contribution is 2.21. The molecule has 0 spiro atoms. The number of anilines is 1. The van der Waals surface area contributed by atoms with Crippen LogP contribution < -0.4 is 10.6 Å². The van der Waals surface area contributed by atoms with Crippen LogP contribution in [0.4, 0.5) is 5.69 Å². The van der Waals surface area contributed by atoms with Crippen molar-refractivity contribution in [1.82, 2.24) is 0 Å². The zero-order chi connectivity index (χ0) is 13.8. The third-order valence-electron chi connectivity index (χ3n) is 3.18. The Labute approximate surface area is 128 Å². The summed E-state index contributed by atoms with van der Waals surface area (Å²) in [5.74, 6) is 0. The Kier molecular flexibility index (Phi) is 4.82. The number of hydrogen-bond acceptors (Lipinski definition) is 2. The lowest BCUT2D eigenvalue weighted by atomic mass is 9.99. The molecule has 0 bridgehead atoms. The van der Waals surface area contributed by atoms with Crippen LogP contribution in [-0.2, 0) is 6.42 Å². The van der Waals surface area contributed by atoms with Gasteiger partial charge in [-0.25, -0.2) is 0 Å². The minimum atomic E-state index is 0.0416. The molecule has 19 heavy (non-hydrogen) atoms. The van der Waals surface area contributed by atoms with E-state index in [9.17, 15) is 0 Å². The highest BCUT2D eigenvalue weighted by molar-refractivity contribution is 14.1. The summed E-state index contributed by atoms with van der Waals surface area (Å²) >= 11 is 2.32. The van der Waals surface area contributed by atoms with Gasteiger partial charge in [-0.2, -0.15) is 0 Å². The first-order valence-corrected chi connectivity index (χ1v) is 7.41. The van der Waals surface area contributed by atoms with E-state index in [1.807, 2.05) is 14.1 Å². The normalized spacial score (nSPS) is 12.2. The number of rotatable bonds is 4. The standard InChI is InChI=1S/C16H19IN2/c1-19(2)15-5-3-4-13(11-15)16(18)10-12-6-8-14(17)9-7-12/h3-9,11,16H,10,18H2,1-2H3. The monoisotopic (exact) mass is 366 g/mol. The molecule has 0 saturated heterocycles. The molecular weight excluding hydrogens is 347 g/mol. The van der Waals surface area contributed by atoms with Gasteiger partial charge in [0.2, 0.25) is 0 Å². The fourth-order valence-electron chi connectivity index (χ4n) is 2.03. The lowest BCUT2D eigenvalue weighted by molar-refractivity contribution is 0.721. The first-order chi connectivity index (χ1) is 9.06. The summed E-state index contributed by atoms with van der Waals surface area (Å²) in [6, 6.07) is 17.0. The summed E-state index contributed by atoms with van der Waals surface area (Å²) < 4.78 is 1.25. The van der Waals surface area contributed by atoms with E-state index in [0.717, 1.165) is 6.42 Å². The molecule has 100 valence electrons. The molecule has 2 N–H and O–H groups in total. The van der Waals surface area contributed by atoms with Gasteiger partial charge in [0.15, 0.2) is 0 Å². The molecule has 0 aliphatic carbocycles. The van der Waals surface area contributed by atoms with E-state index in [2.05, 4.69) is 76.0 Å². The second-order valence-electron chi connectivity index (χ2n) is 4.93. The number of nitrogens with two attached hydrogens (primary N) is 1. The van der Waals surface area contributed by atoms with E-state index < -0.39 is 0 Å². The molecular formula is C16H19IN2. The Balaban J connectivity index is 2.13. The van der Waals surface area contributed by atoms with Crippen molar-refractivity contribution in [3.05, 3.63) is 63.2 Å². The first kappa shape index (κ1) is 14.3. The molecule has 0 saturated carbocycles. The summed E-state index contributed by atoms with van der Waals surface area (Å²) in [7, 11) is 4.09. The van der Waals surface area contributed by atoms with E-state index >= 15 is 0 Å². The molecule has 2 aromatic rings. The van der Waals surface area contributed by atoms with Gasteiger partial charge in [0.25, 0.3) is 0 Å². The first-order valence-electron chi connectivity index (χ1n) is 6.33. The molecule has 3 heteroatoms. The maximum atomic E-state index is 6.31. The van der Waals surface area contributed by atoms with E-state index in [1.165, 1.54) is 20.4 Å². The van der Waals surface area contributed by atoms with Crippen molar-refractivity contribution in [1.29, 1.82) is 0 Å². The van der Waals surface area contributed by atoms with Crippen LogP contribution in [0, 0.1) is 3.57 Å². The predicted molar refractivity (Wildman–Crippen MR) is 90.6 cm³/mol. The predicted octanol–water partition coefficient (Wildman–Crippen LogP) is 3.60. The lowest BCUT2D eigenvalue weighted by Gasteiger charge is -2.17. The molecule has 0 aromatic heterocycles. The van der Waals surface area contributed by atoms with Gasteiger partial charge in [0, 0.05) is 29.4 Å². The highest BCUT2D eigenvalue weighted by Gasteiger charge is 2.08. The molecule has 0 radical (unpaired) electrons. The number of hydrogen-bond donors (Lipinski definition) is 1. The van der Waals surface area contributed by atoms with Gasteiger partial charge in [-0.15, -0.1) is 0 Å². The molecule has 1 unspecified atom stereocenters. The van der Waals surface area contributed by atoms with Gasteiger partial charge in [0.1, 0.15) is 0 Å². The summed E-state index contributed by atoms with van der Waals surface area (Å²) in [6.45, 7) is 0. The topological polar surface area (TPSA) is 29.3 Å². The zero-order valence-corrected chi connectivity index (χ0v) is 13.5. The zero-order valence-electron chi connectivity index (χ0n) is 11.3. The second kappa shape index (κ2) is 6.39. The summed E-state index contributed by atoms with van der Waals surface area (Å²) in [5.41, 5.74) is 9.97. The third kappa shape index (κ3) is 3.94. The van der Waals surface area contributed by atoms with Crippen molar-refractivity contribution in [2.45, 2.75) is 12.5 Å². The third-order valence-corrected chi connectivity index (χ3v) is 3.90. The Hall–Kier alpha value is -1.07. The van der Waals surface area contributed by atoms with Gasteiger partial charge in [0.05, 0.1) is 0 Å². The maximum Gasteiger partial charge on any atom is 0.0364 e. The molecule has 0 heterocycles. The van der Waals surface area contributed by atoms with E-state index in [1.54, 1.807) is 0 Å². The average Bonchev–Trinajstić information content (AvgIpc) is 2.41. The van der Waals surface area contributed by atoms with Gasteiger partial charge >= 0.3 is 0 Å². The van der Waals surface area contributed by atoms with Gasteiger partial charge in [-0.05, 0) is 64.4 Å². The largest absolute Gasteiger partial charge is 0.378 e. The van der Waals surface area contributed by atoms with Gasteiger partial charge in [-0.3, -0.25) is 0 Å². The van der Waals surface area contributed by atoms with Gasteiger partial charge < -0.3 is 10.6 Å². The Bertz CT molecular complexity index is 535. The number of halogens is 1. The van der Waals surface area contributed by atoms with Crippen LogP contribution in [0.2, 0.25) is 0 Å². The molecule has 0 aliphatic heterocycles. The fraction of sp³-hybridized carbons (Fsp3) is 0.250. The smallest absolute Gasteiger partial charge is 0.0364 e. The summed E-state index contributed by atoms with van der Waals surface area (Å²) in [6.07, 6.45) is 0.869.